The Bertz CT molecular complexity index is 496. The fraction of sp³-hybridized carbons (Fsp3) is 0.333. The SMILES string of the molecule is CCC(C#N)Oc1c(OC)cc(Cl)cc1C(=O)O. The van der Waals surface area contributed by atoms with Gasteiger partial charge in [0.05, 0.1) is 7.11 Å². The van der Waals surface area contributed by atoms with Crippen LogP contribution in [0.15, 0.2) is 12.1 Å². The smallest absolute Gasteiger partial charge is 0.339 e. The minimum absolute atomic E-state index is 0.0165. The van der Waals surface area contributed by atoms with E-state index in [-0.39, 0.29) is 22.1 Å². The summed E-state index contributed by atoms with van der Waals surface area (Å²) in [6.07, 6.45) is -0.306. The third kappa shape index (κ3) is 3.05. The quantitative estimate of drug-likeness (QED) is 0.889. The molecule has 5 nitrogen and oxygen atoms in total. The van der Waals surface area contributed by atoms with Gasteiger partial charge in [-0.2, -0.15) is 5.26 Å². The lowest BCUT2D eigenvalue weighted by Gasteiger charge is -2.16. The number of carbonyl (C=O) groups is 1. The lowest BCUT2D eigenvalue weighted by Crippen LogP contribution is -2.15. The molecule has 1 aromatic rings. The maximum Gasteiger partial charge on any atom is 0.339 e. The van der Waals surface area contributed by atoms with E-state index in [9.17, 15) is 4.79 Å². The van der Waals surface area contributed by atoms with Crippen molar-refractivity contribution in [3.8, 4) is 17.6 Å². The van der Waals surface area contributed by atoms with E-state index in [1.807, 2.05) is 6.07 Å². The molecule has 0 aliphatic heterocycles. The number of carboxylic acids is 1. The van der Waals surface area contributed by atoms with Gasteiger partial charge < -0.3 is 14.6 Å². The molecule has 0 fully saturated rings. The topological polar surface area (TPSA) is 79.5 Å². The van der Waals surface area contributed by atoms with Gasteiger partial charge in [0, 0.05) is 11.1 Å². The Morgan fingerprint density at radius 2 is 2.28 bits per heavy atom. The van der Waals surface area contributed by atoms with E-state index in [4.69, 9.17) is 31.4 Å². The molecule has 96 valence electrons. The van der Waals surface area contributed by atoms with Crippen LogP contribution < -0.4 is 9.47 Å². The largest absolute Gasteiger partial charge is 0.493 e. The predicted octanol–water partition coefficient (Wildman–Crippen LogP) is 2.73. The molecule has 0 aliphatic carbocycles. The molecule has 0 radical (unpaired) electrons. The number of aromatic carboxylic acids is 1. The average molecular weight is 270 g/mol. The summed E-state index contributed by atoms with van der Waals surface area (Å²) < 4.78 is 10.4. The molecule has 0 spiro atoms. The molecule has 0 amide bonds. The summed E-state index contributed by atoms with van der Waals surface area (Å²) in [5.41, 5.74) is -0.131. The number of hydrogen-bond acceptors (Lipinski definition) is 4. The van der Waals surface area contributed by atoms with Gasteiger partial charge in [-0.25, -0.2) is 4.79 Å². The third-order valence-corrected chi connectivity index (χ3v) is 2.46. The highest BCUT2D eigenvalue weighted by molar-refractivity contribution is 6.31. The second-order valence-electron chi connectivity index (χ2n) is 3.43. The van der Waals surface area contributed by atoms with Gasteiger partial charge in [-0.15, -0.1) is 0 Å². The van der Waals surface area contributed by atoms with Crippen molar-refractivity contribution in [1.82, 2.24) is 0 Å². The van der Waals surface area contributed by atoms with Crippen LogP contribution in [0.25, 0.3) is 0 Å². The van der Waals surface area contributed by atoms with Gasteiger partial charge in [0.1, 0.15) is 11.6 Å². The number of ether oxygens (including phenoxy) is 2. The lowest BCUT2D eigenvalue weighted by atomic mass is 10.1. The Morgan fingerprint density at radius 1 is 1.61 bits per heavy atom. The Morgan fingerprint density at radius 3 is 2.72 bits per heavy atom. The summed E-state index contributed by atoms with van der Waals surface area (Å²) in [4.78, 5) is 11.1. The zero-order valence-electron chi connectivity index (χ0n) is 9.94. The van der Waals surface area contributed by atoms with E-state index in [0.717, 1.165) is 0 Å². The van der Waals surface area contributed by atoms with E-state index in [1.54, 1.807) is 6.92 Å². The van der Waals surface area contributed by atoms with Crippen LogP contribution in [0, 0.1) is 11.3 Å². The monoisotopic (exact) mass is 269 g/mol. The highest BCUT2D eigenvalue weighted by Crippen LogP contribution is 2.35. The Kier molecular flexibility index (Phi) is 4.81. The first-order valence-corrected chi connectivity index (χ1v) is 5.58. The van der Waals surface area contributed by atoms with Crippen molar-refractivity contribution in [3.05, 3.63) is 22.7 Å². The van der Waals surface area contributed by atoms with Crippen molar-refractivity contribution in [1.29, 1.82) is 5.26 Å². The van der Waals surface area contributed by atoms with Crippen molar-refractivity contribution in [3.63, 3.8) is 0 Å². The summed E-state index contributed by atoms with van der Waals surface area (Å²) in [5.74, 6) is -0.991. The molecule has 1 atom stereocenters. The first-order chi connectivity index (χ1) is 8.53. The first kappa shape index (κ1) is 14.1. The van der Waals surface area contributed by atoms with Crippen LogP contribution in [-0.2, 0) is 0 Å². The number of nitrogens with zero attached hydrogens (tertiary/aromatic N) is 1. The number of carboxylic acid groups (broad SMARTS) is 1. The summed E-state index contributed by atoms with van der Waals surface area (Å²) in [6.45, 7) is 1.76. The summed E-state index contributed by atoms with van der Waals surface area (Å²) >= 11 is 5.79. The molecule has 0 bridgehead atoms. The fourth-order valence-electron chi connectivity index (χ4n) is 1.34. The van der Waals surface area contributed by atoms with Crippen molar-refractivity contribution in [2.24, 2.45) is 0 Å². The molecule has 0 aliphatic rings. The zero-order valence-corrected chi connectivity index (χ0v) is 10.7. The number of hydrogen-bond donors (Lipinski definition) is 1. The summed E-state index contributed by atoms with van der Waals surface area (Å²) in [6, 6.07) is 4.62. The van der Waals surface area contributed by atoms with Crippen LogP contribution in [0.5, 0.6) is 11.5 Å². The van der Waals surface area contributed by atoms with Gasteiger partial charge >= 0.3 is 5.97 Å². The number of methoxy groups -OCH3 is 1. The molecule has 0 heterocycles. The summed E-state index contributed by atoms with van der Waals surface area (Å²) in [7, 11) is 1.37. The standard InChI is InChI=1S/C12H12ClNO4/c1-3-8(6-14)18-11-9(12(15)16)4-7(13)5-10(11)17-2/h4-5,8H,3H2,1-2H3,(H,15,16). The first-order valence-electron chi connectivity index (χ1n) is 5.20. The molecule has 1 unspecified atom stereocenters. The highest BCUT2D eigenvalue weighted by atomic mass is 35.5. The Balaban J connectivity index is 3.30. The van der Waals surface area contributed by atoms with E-state index in [0.29, 0.717) is 6.42 Å². The predicted molar refractivity (Wildman–Crippen MR) is 65.3 cm³/mol. The van der Waals surface area contributed by atoms with Crippen molar-refractivity contribution in [2.45, 2.75) is 19.4 Å². The lowest BCUT2D eigenvalue weighted by molar-refractivity contribution is 0.0689. The van der Waals surface area contributed by atoms with Crippen LogP contribution in [0.2, 0.25) is 5.02 Å². The number of nitriles is 1. The fourth-order valence-corrected chi connectivity index (χ4v) is 1.55. The molecular formula is C12H12ClNO4. The Hall–Kier alpha value is -1.93. The second kappa shape index (κ2) is 6.12. The average Bonchev–Trinajstić information content (AvgIpc) is 2.36. The highest BCUT2D eigenvalue weighted by Gasteiger charge is 2.21. The zero-order chi connectivity index (χ0) is 13.7. The molecule has 0 aromatic heterocycles. The van der Waals surface area contributed by atoms with Gasteiger partial charge in [-0.3, -0.25) is 0 Å². The molecule has 0 saturated heterocycles. The minimum Gasteiger partial charge on any atom is -0.493 e. The normalized spacial score (nSPS) is 11.4. The van der Waals surface area contributed by atoms with Crippen LogP contribution in [0.4, 0.5) is 0 Å². The molecule has 1 N–H and O–H groups in total. The maximum absolute atomic E-state index is 11.1. The van der Waals surface area contributed by atoms with E-state index >= 15 is 0 Å². The molecule has 1 rings (SSSR count). The number of benzene rings is 1. The molecule has 6 heteroatoms. The van der Waals surface area contributed by atoms with E-state index in [2.05, 4.69) is 0 Å². The molecule has 0 saturated carbocycles. The van der Waals surface area contributed by atoms with E-state index < -0.39 is 12.1 Å². The number of rotatable bonds is 5. The third-order valence-electron chi connectivity index (χ3n) is 2.24. The van der Waals surface area contributed by atoms with Crippen LogP contribution in [0.3, 0.4) is 0 Å². The molecular weight excluding hydrogens is 258 g/mol. The van der Waals surface area contributed by atoms with Crippen LogP contribution >= 0.6 is 11.6 Å². The van der Waals surface area contributed by atoms with Gasteiger partial charge in [-0.05, 0) is 12.5 Å². The molecule has 18 heavy (non-hydrogen) atoms. The minimum atomic E-state index is -1.20. The van der Waals surface area contributed by atoms with Crippen molar-refractivity contribution < 1.29 is 19.4 Å². The van der Waals surface area contributed by atoms with Gasteiger partial charge in [0.25, 0.3) is 0 Å². The van der Waals surface area contributed by atoms with Crippen LogP contribution in [0.1, 0.15) is 23.7 Å². The Labute approximate surface area is 109 Å². The van der Waals surface area contributed by atoms with Gasteiger partial charge in [0.15, 0.2) is 17.6 Å². The van der Waals surface area contributed by atoms with Gasteiger partial charge in [-0.1, -0.05) is 18.5 Å². The van der Waals surface area contributed by atoms with Crippen LogP contribution in [-0.4, -0.2) is 24.3 Å². The van der Waals surface area contributed by atoms with Gasteiger partial charge in [0.2, 0.25) is 0 Å². The van der Waals surface area contributed by atoms with Crippen molar-refractivity contribution >= 4 is 17.6 Å². The maximum atomic E-state index is 11.1. The number of halogens is 1. The van der Waals surface area contributed by atoms with Crippen molar-refractivity contribution in [2.75, 3.05) is 7.11 Å². The molecule has 1 aromatic carbocycles. The summed E-state index contributed by atoms with van der Waals surface area (Å²) in [5, 5.41) is 18.2. The second-order valence-corrected chi connectivity index (χ2v) is 3.87. The van der Waals surface area contributed by atoms with E-state index in [1.165, 1.54) is 19.2 Å².